The second-order valence-corrected chi connectivity index (χ2v) is 10.1. The third kappa shape index (κ3) is 4.58. The van der Waals surface area contributed by atoms with Crippen LogP contribution in [-0.4, -0.2) is 33.1 Å². The maximum absolute atomic E-state index is 10.1. The van der Waals surface area contributed by atoms with Crippen LogP contribution in [0.25, 0.3) is 0 Å². The van der Waals surface area contributed by atoms with Gasteiger partial charge in [-0.05, 0) is 93.6 Å². The SMILES string of the molecule is C=C1/C(=C\C=C2/CCC[C@]3(C)C(CCC(C)(C)O)CCC23)CC(O)C[C@@H]1O. The van der Waals surface area contributed by atoms with E-state index < -0.39 is 17.8 Å². The molecule has 0 radical (unpaired) electrons. The average Bonchev–Trinajstić information content (AvgIpc) is 2.91. The first-order chi connectivity index (χ1) is 12.6. The van der Waals surface area contributed by atoms with Gasteiger partial charge in [-0.2, -0.15) is 0 Å². The van der Waals surface area contributed by atoms with Crippen molar-refractivity contribution in [2.45, 2.75) is 96.4 Å². The molecule has 0 amide bonds. The summed E-state index contributed by atoms with van der Waals surface area (Å²) in [5.74, 6) is 1.32. The summed E-state index contributed by atoms with van der Waals surface area (Å²) >= 11 is 0. The first kappa shape index (κ1) is 20.8. The van der Waals surface area contributed by atoms with Crippen LogP contribution < -0.4 is 0 Å². The quantitative estimate of drug-likeness (QED) is 0.670. The Morgan fingerprint density at radius 2 is 1.96 bits per heavy atom. The molecule has 0 aromatic heterocycles. The number of allylic oxidation sites excluding steroid dienone is 3. The van der Waals surface area contributed by atoms with Crippen LogP contribution in [0.15, 0.2) is 35.5 Å². The second kappa shape index (κ2) is 7.85. The molecule has 0 heterocycles. The molecule has 3 aliphatic carbocycles. The Hall–Kier alpha value is -0.900. The van der Waals surface area contributed by atoms with Gasteiger partial charge in [0.05, 0.1) is 17.8 Å². The zero-order valence-corrected chi connectivity index (χ0v) is 17.4. The molecule has 3 unspecified atom stereocenters. The Bertz CT molecular complexity index is 624. The normalized spacial score (nSPS) is 40.6. The molecule has 5 atom stereocenters. The van der Waals surface area contributed by atoms with Crippen LogP contribution in [0.5, 0.6) is 0 Å². The van der Waals surface area contributed by atoms with Crippen LogP contribution >= 0.6 is 0 Å². The predicted octanol–water partition coefficient (Wildman–Crippen LogP) is 4.68. The van der Waals surface area contributed by atoms with E-state index in [-0.39, 0.29) is 0 Å². The van der Waals surface area contributed by atoms with Crippen molar-refractivity contribution in [3.05, 3.63) is 35.5 Å². The Kier molecular flexibility index (Phi) is 6.05. The molecule has 3 aliphatic rings. The van der Waals surface area contributed by atoms with E-state index in [2.05, 4.69) is 25.7 Å². The maximum atomic E-state index is 10.1. The minimum Gasteiger partial charge on any atom is -0.393 e. The van der Waals surface area contributed by atoms with E-state index in [1.165, 1.54) is 31.3 Å². The molecule has 152 valence electrons. The number of rotatable bonds is 4. The molecule has 3 nitrogen and oxygen atoms in total. The number of aliphatic hydroxyl groups excluding tert-OH is 2. The lowest BCUT2D eigenvalue weighted by Crippen LogP contribution is -2.34. The molecular formula is C24H38O3. The largest absolute Gasteiger partial charge is 0.393 e. The molecule has 3 rings (SSSR count). The van der Waals surface area contributed by atoms with E-state index in [9.17, 15) is 15.3 Å². The highest BCUT2D eigenvalue weighted by Gasteiger charge is 2.48. The van der Waals surface area contributed by atoms with Crippen LogP contribution in [0, 0.1) is 17.3 Å². The fourth-order valence-corrected chi connectivity index (χ4v) is 5.81. The standard InChI is InChI=1S/C24H38O3/c1-16-18(14-20(25)15-22(16)26)8-7-17-6-5-12-24(4)19(9-10-21(17)24)11-13-23(2,3)27/h7-8,19-22,25-27H,1,5-6,9-15H2,2-4H3/b17-7+,18-8-/t19?,20?,21?,22-,24+/m0/s1. The minimum absolute atomic E-state index is 0.344. The van der Waals surface area contributed by atoms with Gasteiger partial charge in [-0.25, -0.2) is 0 Å². The highest BCUT2D eigenvalue weighted by molar-refractivity contribution is 5.38. The summed E-state index contributed by atoms with van der Waals surface area (Å²) in [5, 5.41) is 30.2. The lowest BCUT2D eigenvalue weighted by Gasteiger charge is -2.43. The van der Waals surface area contributed by atoms with Gasteiger partial charge in [-0.1, -0.05) is 31.2 Å². The van der Waals surface area contributed by atoms with Crippen molar-refractivity contribution >= 4 is 0 Å². The first-order valence-corrected chi connectivity index (χ1v) is 10.8. The van der Waals surface area contributed by atoms with E-state index >= 15 is 0 Å². The Balaban J connectivity index is 1.75. The van der Waals surface area contributed by atoms with Crippen molar-refractivity contribution in [3.63, 3.8) is 0 Å². The molecule has 0 saturated heterocycles. The van der Waals surface area contributed by atoms with Crippen molar-refractivity contribution in [2.24, 2.45) is 17.3 Å². The summed E-state index contributed by atoms with van der Waals surface area (Å²) in [6.07, 6.45) is 12.4. The molecule has 27 heavy (non-hydrogen) atoms. The lowest BCUT2D eigenvalue weighted by atomic mass is 9.62. The molecule has 3 heteroatoms. The molecule has 0 bridgehead atoms. The van der Waals surface area contributed by atoms with Gasteiger partial charge in [0.1, 0.15) is 0 Å². The van der Waals surface area contributed by atoms with Gasteiger partial charge < -0.3 is 15.3 Å². The van der Waals surface area contributed by atoms with Crippen LogP contribution in [-0.2, 0) is 0 Å². The van der Waals surface area contributed by atoms with Crippen molar-refractivity contribution in [1.29, 1.82) is 0 Å². The first-order valence-electron chi connectivity index (χ1n) is 10.8. The van der Waals surface area contributed by atoms with Gasteiger partial charge in [-0.15, -0.1) is 0 Å². The summed E-state index contributed by atoms with van der Waals surface area (Å²) < 4.78 is 0. The zero-order valence-electron chi connectivity index (χ0n) is 17.4. The van der Waals surface area contributed by atoms with E-state index in [0.717, 1.165) is 30.4 Å². The molecule has 0 spiro atoms. The van der Waals surface area contributed by atoms with Gasteiger partial charge in [-0.3, -0.25) is 0 Å². The van der Waals surface area contributed by atoms with Gasteiger partial charge in [0.25, 0.3) is 0 Å². The van der Waals surface area contributed by atoms with E-state index in [1.807, 2.05) is 13.8 Å². The van der Waals surface area contributed by atoms with Gasteiger partial charge in [0.15, 0.2) is 0 Å². The third-order valence-electron chi connectivity index (χ3n) is 7.53. The summed E-state index contributed by atoms with van der Waals surface area (Å²) in [6, 6.07) is 0. The van der Waals surface area contributed by atoms with Crippen LogP contribution in [0.3, 0.4) is 0 Å². The number of hydrogen-bond donors (Lipinski definition) is 3. The smallest absolute Gasteiger partial charge is 0.0811 e. The van der Waals surface area contributed by atoms with E-state index in [0.29, 0.717) is 30.1 Å². The van der Waals surface area contributed by atoms with Crippen LogP contribution in [0.1, 0.15) is 78.6 Å². The van der Waals surface area contributed by atoms with Gasteiger partial charge in [0, 0.05) is 6.42 Å². The number of aliphatic hydroxyl groups is 3. The Morgan fingerprint density at radius 3 is 2.67 bits per heavy atom. The molecule has 0 aliphatic heterocycles. The molecular weight excluding hydrogens is 336 g/mol. The Morgan fingerprint density at radius 1 is 1.22 bits per heavy atom. The maximum Gasteiger partial charge on any atom is 0.0811 e. The van der Waals surface area contributed by atoms with E-state index in [4.69, 9.17) is 0 Å². The average molecular weight is 375 g/mol. The topological polar surface area (TPSA) is 60.7 Å². The highest BCUT2D eigenvalue weighted by Crippen LogP contribution is 2.58. The van der Waals surface area contributed by atoms with Crippen molar-refractivity contribution < 1.29 is 15.3 Å². The summed E-state index contributed by atoms with van der Waals surface area (Å²) in [6.45, 7) is 10.3. The molecule has 3 fully saturated rings. The van der Waals surface area contributed by atoms with Gasteiger partial charge in [0.2, 0.25) is 0 Å². The van der Waals surface area contributed by atoms with Crippen LogP contribution in [0.4, 0.5) is 0 Å². The van der Waals surface area contributed by atoms with Crippen molar-refractivity contribution in [2.75, 3.05) is 0 Å². The molecule has 3 N–H and O–H groups in total. The monoisotopic (exact) mass is 374 g/mol. The number of hydrogen-bond acceptors (Lipinski definition) is 3. The minimum atomic E-state index is -0.618. The van der Waals surface area contributed by atoms with Crippen LogP contribution in [0.2, 0.25) is 0 Å². The third-order valence-corrected chi connectivity index (χ3v) is 7.53. The molecule has 3 saturated carbocycles. The lowest BCUT2D eigenvalue weighted by molar-refractivity contribution is 0.0480. The fraction of sp³-hybridized carbons (Fsp3) is 0.750. The summed E-state index contributed by atoms with van der Waals surface area (Å²) in [5.41, 5.74) is 3.07. The molecule has 0 aromatic rings. The zero-order chi connectivity index (χ0) is 19.8. The highest BCUT2D eigenvalue weighted by atomic mass is 16.3. The fourth-order valence-electron chi connectivity index (χ4n) is 5.81. The predicted molar refractivity (Wildman–Crippen MR) is 110 cm³/mol. The summed E-state index contributed by atoms with van der Waals surface area (Å²) in [4.78, 5) is 0. The van der Waals surface area contributed by atoms with E-state index in [1.54, 1.807) is 0 Å². The summed E-state index contributed by atoms with van der Waals surface area (Å²) in [7, 11) is 0. The molecule has 0 aromatic carbocycles. The second-order valence-electron chi connectivity index (χ2n) is 10.1. The number of fused-ring (bicyclic) bond motifs is 1. The van der Waals surface area contributed by atoms with Crippen molar-refractivity contribution in [3.8, 4) is 0 Å². The van der Waals surface area contributed by atoms with Crippen molar-refractivity contribution in [1.82, 2.24) is 0 Å². The van der Waals surface area contributed by atoms with Gasteiger partial charge >= 0.3 is 0 Å². The Labute approximate surface area is 164 Å².